The van der Waals surface area contributed by atoms with Crippen LogP contribution in [0.15, 0.2) is 152 Å². The lowest BCUT2D eigenvalue weighted by Crippen LogP contribution is -2.23. The van der Waals surface area contributed by atoms with Crippen LogP contribution >= 0.6 is 0 Å². The molecular weight excluding hydrogens is 639 g/mol. The van der Waals surface area contributed by atoms with Crippen molar-refractivity contribution in [3.8, 4) is 28.3 Å². The Kier molecular flexibility index (Phi) is 7.79. The molecule has 254 valence electrons. The number of fused-ring (bicyclic) bond motifs is 6. The fourth-order valence-corrected chi connectivity index (χ4v) is 8.05. The molecule has 0 saturated carbocycles. The quantitative estimate of drug-likeness (QED) is 0.174. The fraction of sp³-hybridized carbons (Fsp3) is 0.106. The smallest absolute Gasteiger partial charge is 0.163 e. The molecule has 0 aliphatic rings. The summed E-state index contributed by atoms with van der Waals surface area (Å²) in [6.07, 6.45) is 0. The Morgan fingerprint density at radius 3 is 1.62 bits per heavy atom. The normalized spacial score (nSPS) is 11.7. The van der Waals surface area contributed by atoms with E-state index in [1.165, 1.54) is 27.4 Å². The number of hydrogen-bond acceptors (Lipinski definition) is 3. The molecule has 0 amide bonds. The molecule has 0 saturated heterocycles. The Balaban J connectivity index is 1.24. The Morgan fingerprint density at radius 2 is 1.04 bits per heavy atom. The predicted octanol–water partition coefficient (Wildman–Crippen LogP) is 11.7. The summed E-state index contributed by atoms with van der Waals surface area (Å²) in [6, 6.07) is 53.5. The number of aromatic hydroxyl groups is 1. The average Bonchev–Trinajstić information content (AvgIpc) is 3.69. The molecule has 0 aliphatic carbocycles. The zero-order chi connectivity index (χ0) is 35.3. The van der Waals surface area contributed by atoms with Gasteiger partial charge < -0.3 is 23.9 Å². The van der Waals surface area contributed by atoms with Crippen LogP contribution in [0.1, 0.15) is 11.1 Å². The topological polar surface area (TPSA) is 42.6 Å². The highest BCUT2D eigenvalue weighted by Gasteiger charge is 2.23. The molecule has 7 aromatic carbocycles. The van der Waals surface area contributed by atoms with Gasteiger partial charge in [0.2, 0.25) is 0 Å². The summed E-state index contributed by atoms with van der Waals surface area (Å²) >= 11 is 0. The summed E-state index contributed by atoms with van der Waals surface area (Å²) in [7, 11) is 1.72. The van der Waals surface area contributed by atoms with Gasteiger partial charge in [-0.25, -0.2) is 0 Å². The van der Waals surface area contributed by atoms with E-state index in [-0.39, 0.29) is 5.75 Å². The van der Waals surface area contributed by atoms with Gasteiger partial charge in [-0.2, -0.15) is 0 Å². The van der Waals surface area contributed by atoms with Crippen LogP contribution in [0.3, 0.4) is 0 Å². The van der Waals surface area contributed by atoms with Gasteiger partial charge in [-0.05, 0) is 85.1 Å². The van der Waals surface area contributed by atoms with E-state index < -0.39 is 0 Å². The number of methoxy groups -OCH3 is 1. The molecular formula is C47H39N3O2. The van der Waals surface area contributed by atoms with E-state index in [9.17, 15) is 5.11 Å². The minimum atomic E-state index is 0.221. The van der Waals surface area contributed by atoms with Gasteiger partial charge >= 0.3 is 0 Å². The van der Waals surface area contributed by atoms with Crippen molar-refractivity contribution < 1.29 is 9.84 Å². The molecule has 0 spiro atoms. The van der Waals surface area contributed by atoms with Crippen molar-refractivity contribution in [3.05, 3.63) is 163 Å². The molecule has 0 atom stereocenters. The predicted molar refractivity (Wildman–Crippen MR) is 217 cm³/mol. The van der Waals surface area contributed by atoms with Crippen molar-refractivity contribution in [2.24, 2.45) is 0 Å². The monoisotopic (exact) mass is 677 g/mol. The van der Waals surface area contributed by atoms with E-state index in [4.69, 9.17) is 4.74 Å². The van der Waals surface area contributed by atoms with Crippen LogP contribution in [0.25, 0.3) is 66.1 Å². The molecule has 9 rings (SSSR count). The molecule has 0 aliphatic heterocycles. The highest BCUT2D eigenvalue weighted by Crippen LogP contribution is 2.45. The van der Waals surface area contributed by atoms with Gasteiger partial charge in [0.1, 0.15) is 0 Å². The van der Waals surface area contributed by atoms with Gasteiger partial charge in [0.15, 0.2) is 5.75 Å². The van der Waals surface area contributed by atoms with Gasteiger partial charge in [0.05, 0.1) is 40.0 Å². The first-order valence-electron chi connectivity index (χ1n) is 17.8. The van der Waals surface area contributed by atoms with Crippen LogP contribution in [-0.2, 0) is 4.74 Å². The molecule has 1 N–H and O–H groups in total. The molecule has 52 heavy (non-hydrogen) atoms. The maximum Gasteiger partial charge on any atom is 0.163 e. The molecule has 2 heterocycles. The van der Waals surface area contributed by atoms with E-state index in [1.807, 2.05) is 0 Å². The Bertz CT molecular complexity index is 2680. The molecule has 0 bridgehead atoms. The molecule has 5 nitrogen and oxygen atoms in total. The zero-order valence-corrected chi connectivity index (χ0v) is 29.5. The molecule has 2 aromatic heterocycles. The Labute approximate surface area is 303 Å². The number of aromatic nitrogens is 2. The lowest BCUT2D eigenvalue weighted by Gasteiger charge is -2.29. The number of phenols is 1. The standard InChI is InChI=1S/C47H39N3O2/c1-31-26-33(30-34(27-31)49-41-20-10-5-15-36(41)37-16-6-11-21-42(37)49)35-14-4-9-19-40(35)48(24-25-52-3)45-28-32(2)29-46(47(45)51)50-43-22-12-7-17-38(43)39-18-8-13-23-44(39)50/h4-23,26-30,51H,24-25H2,1-3H3. The Hall–Kier alpha value is -6.30. The second-order valence-corrected chi connectivity index (χ2v) is 13.6. The van der Waals surface area contributed by atoms with Crippen molar-refractivity contribution in [2.45, 2.75) is 13.8 Å². The molecule has 5 heteroatoms. The maximum atomic E-state index is 12.4. The van der Waals surface area contributed by atoms with Gasteiger partial charge in [-0.1, -0.05) is 97.1 Å². The van der Waals surface area contributed by atoms with Crippen LogP contribution in [0.2, 0.25) is 0 Å². The molecule has 0 unspecified atom stereocenters. The van der Waals surface area contributed by atoms with Crippen molar-refractivity contribution in [1.82, 2.24) is 9.13 Å². The van der Waals surface area contributed by atoms with E-state index in [0.717, 1.165) is 61.2 Å². The first-order chi connectivity index (χ1) is 25.5. The van der Waals surface area contributed by atoms with Gasteiger partial charge in [0.25, 0.3) is 0 Å². The number of benzene rings is 7. The SMILES string of the molecule is COCCN(c1ccccc1-c1cc(C)cc(-n2c3ccccc3c3ccccc32)c1)c1cc(C)cc(-n2c3ccccc3c3ccccc32)c1O. The third-order valence-electron chi connectivity index (χ3n) is 10.3. The number of anilines is 2. The van der Waals surface area contributed by atoms with Crippen molar-refractivity contribution in [3.63, 3.8) is 0 Å². The van der Waals surface area contributed by atoms with Crippen LogP contribution in [0.5, 0.6) is 5.75 Å². The van der Waals surface area contributed by atoms with Crippen LogP contribution in [-0.4, -0.2) is 34.5 Å². The summed E-state index contributed by atoms with van der Waals surface area (Å²) in [5.74, 6) is 0.221. The zero-order valence-electron chi connectivity index (χ0n) is 29.5. The fourth-order valence-electron chi connectivity index (χ4n) is 8.05. The first-order valence-corrected chi connectivity index (χ1v) is 17.8. The van der Waals surface area contributed by atoms with Gasteiger partial charge in [-0.15, -0.1) is 0 Å². The lowest BCUT2D eigenvalue weighted by atomic mass is 9.99. The maximum absolute atomic E-state index is 12.4. The molecule has 0 fully saturated rings. The number of aryl methyl sites for hydroxylation is 2. The van der Waals surface area contributed by atoms with Crippen LogP contribution in [0, 0.1) is 13.8 Å². The van der Waals surface area contributed by atoms with Crippen LogP contribution < -0.4 is 4.90 Å². The van der Waals surface area contributed by atoms with Gasteiger partial charge in [0, 0.05) is 52.1 Å². The summed E-state index contributed by atoms with van der Waals surface area (Å²) < 4.78 is 10.2. The summed E-state index contributed by atoms with van der Waals surface area (Å²) in [4.78, 5) is 2.21. The Morgan fingerprint density at radius 1 is 0.538 bits per heavy atom. The number of nitrogens with zero attached hydrogens (tertiary/aromatic N) is 3. The third kappa shape index (κ3) is 5.12. The second kappa shape index (κ2) is 12.8. The highest BCUT2D eigenvalue weighted by atomic mass is 16.5. The summed E-state index contributed by atoms with van der Waals surface area (Å²) in [5.41, 5.74) is 12.4. The molecule has 9 aromatic rings. The van der Waals surface area contributed by atoms with Crippen molar-refractivity contribution in [1.29, 1.82) is 0 Å². The summed E-state index contributed by atoms with van der Waals surface area (Å²) in [6.45, 7) is 5.28. The number of phenolic OH excluding ortho intramolecular Hbond substituents is 1. The first kappa shape index (κ1) is 31.7. The second-order valence-electron chi connectivity index (χ2n) is 13.6. The summed E-state index contributed by atoms with van der Waals surface area (Å²) in [5, 5.41) is 17.2. The number of ether oxygens (including phenoxy) is 1. The highest BCUT2D eigenvalue weighted by molar-refractivity contribution is 6.10. The van der Waals surface area contributed by atoms with E-state index in [2.05, 4.69) is 180 Å². The van der Waals surface area contributed by atoms with E-state index >= 15 is 0 Å². The number of rotatable bonds is 8. The minimum absolute atomic E-state index is 0.221. The van der Waals surface area contributed by atoms with Gasteiger partial charge in [-0.3, -0.25) is 0 Å². The van der Waals surface area contributed by atoms with E-state index in [0.29, 0.717) is 13.2 Å². The number of para-hydroxylation sites is 5. The molecule has 0 radical (unpaired) electrons. The lowest BCUT2D eigenvalue weighted by molar-refractivity contribution is 0.207. The van der Waals surface area contributed by atoms with E-state index in [1.54, 1.807) is 7.11 Å². The third-order valence-corrected chi connectivity index (χ3v) is 10.3. The minimum Gasteiger partial charge on any atom is -0.504 e. The average molecular weight is 678 g/mol. The largest absolute Gasteiger partial charge is 0.504 e. The van der Waals surface area contributed by atoms with Crippen molar-refractivity contribution >= 4 is 55.0 Å². The van der Waals surface area contributed by atoms with Crippen molar-refractivity contribution in [2.75, 3.05) is 25.2 Å². The van der Waals surface area contributed by atoms with Crippen LogP contribution in [0.4, 0.5) is 11.4 Å². The number of hydrogen-bond donors (Lipinski definition) is 1.